The van der Waals surface area contributed by atoms with E-state index < -0.39 is 6.10 Å². The SMILES string of the molecule is CCCCCCCC/C=C\CCCCCCCC(=O)C(CCCCCCCCCCCCCCCC)CCCCCCCCCCCCCCC(=O)OCC(COC(=O)CCCCCCCCCCCCCCC)OC(=O)CCCCCCCCCCCCCCC. The lowest BCUT2D eigenvalue weighted by atomic mass is 9.88. The maximum Gasteiger partial charge on any atom is 0.306 e. The van der Waals surface area contributed by atoms with E-state index in [1.807, 2.05) is 0 Å². The van der Waals surface area contributed by atoms with Gasteiger partial charge in [0.15, 0.2) is 6.10 Å². The van der Waals surface area contributed by atoms with Gasteiger partial charge in [0.1, 0.15) is 19.0 Å². The first kappa shape index (κ1) is 89.8. The fraction of sp³-hybridized carbons (Fsp3) is 0.929. The zero-order valence-electron chi connectivity index (χ0n) is 62.8. The number of unbranched alkanes of at least 4 members (excludes halogenated alkanes) is 59. The van der Waals surface area contributed by atoms with E-state index in [9.17, 15) is 19.2 Å². The Morgan fingerprint density at radius 1 is 0.239 bits per heavy atom. The lowest BCUT2D eigenvalue weighted by Crippen LogP contribution is -2.30. The van der Waals surface area contributed by atoms with E-state index in [0.29, 0.717) is 25.0 Å². The Morgan fingerprint density at radius 2 is 0.446 bits per heavy atom. The van der Waals surface area contributed by atoms with E-state index in [1.165, 1.54) is 353 Å². The molecule has 7 heteroatoms. The molecule has 0 saturated carbocycles. The van der Waals surface area contributed by atoms with Crippen molar-refractivity contribution >= 4 is 23.7 Å². The van der Waals surface area contributed by atoms with E-state index in [2.05, 4.69) is 39.8 Å². The van der Waals surface area contributed by atoms with Gasteiger partial charge in [-0.3, -0.25) is 19.2 Å². The number of rotatable bonds is 79. The Bertz CT molecular complexity index is 1520. The van der Waals surface area contributed by atoms with Gasteiger partial charge in [0.2, 0.25) is 0 Å². The Hall–Kier alpha value is -2.18. The molecule has 0 radical (unpaired) electrons. The molecule has 0 N–H and O–H groups in total. The molecule has 0 saturated heterocycles. The summed E-state index contributed by atoms with van der Waals surface area (Å²) in [6.45, 7) is 8.98. The van der Waals surface area contributed by atoms with Gasteiger partial charge >= 0.3 is 17.9 Å². The van der Waals surface area contributed by atoms with Crippen LogP contribution in [-0.2, 0) is 33.4 Å². The monoisotopic (exact) mass is 1300 g/mol. The minimum Gasteiger partial charge on any atom is -0.462 e. The quantitative estimate of drug-likeness (QED) is 0.0259. The molecule has 544 valence electrons. The second kappa shape index (κ2) is 77.8. The highest BCUT2D eigenvalue weighted by molar-refractivity contribution is 5.80. The fourth-order valence-electron chi connectivity index (χ4n) is 13.5. The lowest BCUT2D eigenvalue weighted by Gasteiger charge is -2.18. The van der Waals surface area contributed by atoms with E-state index >= 15 is 0 Å². The first-order chi connectivity index (χ1) is 45.4. The number of Topliss-reactive ketones (excluding diaryl/α,β-unsaturated/α-hetero) is 1. The van der Waals surface area contributed by atoms with Crippen LogP contribution in [0.5, 0.6) is 0 Å². The number of hydrogen-bond acceptors (Lipinski definition) is 7. The highest BCUT2D eigenvalue weighted by atomic mass is 16.6. The predicted molar refractivity (Wildman–Crippen MR) is 400 cm³/mol. The summed E-state index contributed by atoms with van der Waals surface area (Å²) in [6.07, 6.45) is 91.1. The van der Waals surface area contributed by atoms with Crippen molar-refractivity contribution < 1.29 is 33.4 Å². The van der Waals surface area contributed by atoms with Crippen LogP contribution in [0, 0.1) is 5.92 Å². The van der Waals surface area contributed by atoms with Crippen molar-refractivity contribution in [3.8, 4) is 0 Å². The molecule has 0 spiro atoms. The van der Waals surface area contributed by atoms with Crippen LogP contribution in [0.3, 0.4) is 0 Å². The molecule has 0 aliphatic carbocycles. The molecule has 7 nitrogen and oxygen atoms in total. The fourth-order valence-corrected chi connectivity index (χ4v) is 13.5. The molecule has 0 aromatic rings. The summed E-state index contributed by atoms with van der Waals surface area (Å²) in [5.41, 5.74) is 0. The predicted octanol–water partition coefficient (Wildman–Crippen LogP) is 28.5. The van der Waals surface area contributed by atoms with Crippen molar-refractivity contribution in [1.29, 1.82) is 0 Å². The third-order valence-corrected chi connectivity index (χ3v) is 19.9. The molecule has 0 rings (SSSR count). The smallest absolute Gasteiger partial charge is 0.306 e. The maximum atomic E-state index is 13.6. The van der Waals surface area contributed by atoms with E-state index in [1.54, 1.807) is 0 Å². The Kier molecular flexibility index (Phi) is 76.0. The van der Waals surface area contributed by atoms with Crippen LogP contribution in [0.4, 0.5) is 0 Å². The van der Waals surface area contributed by atoms with Crippen molar-refractivity contribution in [1.82, 2.24) is 0 Å². The molecular weight excluding hydrogens is 1130 g/mol. The third kappa shape index (κ3) is 72.1. The molecule has 0 aliphatic heterocycles. The van der Waals surface area contributed by atoms with Gasteiger partial charge in [0.05, 0.1) is 0 Å². The molecular formula is C85H162O7. The minimum atomic E-state index is -0.780. The van der Waals surface area contributed by atoms with Gasteiger partial charge in [-0.05, 0) is 64.2 Å². The number of hydrogen-bond donors (Lipinski definition) is 0. The van der Waals surface area contributed by atoms with Crippen LogP contribution in [0.25, 0.3) is 0 Å². The molecule has 0 amide bonds. The van der Waals surface area contributed by atoms with Gasteiger partial charge in [-0.15, -0.1) is 0 Å². The number of carbonyl (C=O) groups excluding carboxylic acids is 4. The summed E-state index contributed by atoms with van der Waals surface area (Å²) in [6, 6.07) is 0. The van der Waals surface area contributed by atoms with Gasteiger partial charge < -0.3 is 14.2 Å². The van der Waals surface area contributed by atoms with Crippen LogP contribution in [0.2, 0.25) is 0 Å². The van der Waals surface area contributed by atoms with Crippen LogP contribution in [-0.4, -0.2) is 43.0 Å². The first-order valence-corrected chi connectivity index (χ1v) is 42.1. The number of ketones is 1. The van der Waals surface area contributed by atoms with Crippen molar-refractivity contribution in [3.05, 3.63) is 12.2 Å². The van der Waals surface area contributed by atoms with E-state index in [0.717, 1.165) is 83.5 Å². The van der Waals surface area contributed by atoms with Gasteiger partial charge in [-0.1, -0.05) is 406 Å². The normalized spacial score (nSPS) is 12.3. The number of allylic oxidation sites excluding steroid dienone is 2. The summed E-state index contributed by atoms with van der Waals surface area (Å²) in [5, 5.41) is 0. The summed E-state index contributed by atoms with van der Waals surface area (Å²) in [7, 11) is 0. The van der Waals surface area contributed by atoms with Crippen LogP contribution >= 0.6 is 0 Å². The summed E-state index contributed by atoms with van der Waals surface area (Å²) in [4.78, 5) is 52.2. The zero-order valence-corrected chi connectivity index (χ0v) is 62.8. The molecule has 0 fully saturated rings. The largest absolute Gasteiger partial charge is 0.462 e. The molecule has 2 atom stereocenters. The van der Waals surface area contributed by atoms with E-state index in [4.69, 9.17) is 14.2 Å². The zero-order chi connectivity index (χ0) is 66.6. The van der Waals surface area contributed by atoms with Gasteiger partial charge in [0, 0.05) is 31.6 Å². The summed E-state index contributed by atoms with van der Waals surface area (Å²) >= 11 is 0. The van der Waals surface area contributed by atoms with Gasteiger partial charge in [-0.2, -0.15) is 0 Å². The molecule has 0 heterocycles. The Balaban J connectivity index is 4.58. The van der Waals surface area contributed by atoms with Crippen LogP contribution in [0.15, 0.2) is 12.2 Å². The van der Waals surface area contributed by atoms with Crippen molar-refractivity contribution in [2.24, 2.45) is 5.92 Å². The Labute approximate surface area is 575 Å². The highest BCUT2D eigenvalue weighted by Crippen LogP contribution is 2.25. The molecule has 92 heavy (non-hydrogen) atoms. The van der Waals surface area contributed by atoms with Crippen LogP contribution < -0.4 is 0 Å². The maximum absolute atomic E-state index is 13.6. The summed E-state index contributed by atoms with van der Waals surface area (Å²) in [5.74, 6) is 0.000741. The van der Waals surface area contributed by atoms with Crippen LogP contribution in [0.1, 0.15) is 484 Å². The average molecular weight is 1300 g/mol. The van der Waals surface area contributed by atoms with Crippen molar-refractivity contribution in [2.45, 2.75) is 490 Å². The topological polar surface area (TPSA) is 96.0 Å². The molecule has 0 aromatic carbocycles. The minimum absolute atomic E-state index is 0.0738. The molecule has 0 aliphatic rings. The molecule has 2 unspecified atom stereocenters. The number of esters is 3. The summed E-state index contributed by atoms with van der Waals surface area (Å²) < 4.78 is 17.0. The number of carbonyl (C=O) groups is 4. The molecule has 0 aromatic heterocycles. The standard InChI is InChI=1S/C85H162O7/c1-5-9-13-17-21-25-29-33-35-39-44-50-56-62-68-74-82(86)80(72-66-60-54-48-42-38-34-30-26-22-18-14-10-6-2)73-67-61-55-49-43-40-41-46-52-58-64-70-76-84(88)91-79-81(92-85(89)77-71-65-59-53-47-37-32-28-24-20-16-12-8-4)78-90-83(87)75-69-63-57-51-45-36-31-27-23-19-15-11-7-3/h33,35,80-81H,5-32,34,36-79H2,1-4H3/b35-33-. The van der Waals surface area contributed by atoms with Gasteiger partial charge in [-0.25, -0.2) is 0 Å². The third-order valence-electron chi connectivity index (χ3n) is 19.9. The van der Waals surface area contributed by atoms with Gasteiger partial charge in [0.25, 0.3) is 0 Å². The molecule has 0 bridgehead atoms. The average Bonchev–Trinajstić information content (AvgIpc) is 3.77. The van der Waals surface area contributed by atoms with Crippen molar-refractivity contribution in [3.63, 3.8) is 0 Å². The number of ether oxygens (including phenoxy) is 3. The highest BCUT2D eigenvalue weighted by Gasteiger charge is 2.20. The lowest BCUT2D eigenvalue weighted by molar-refractivity contribution is -0.167. The second-order valence-corrected chi connectivity index (χ2v) is 29.1. The Morgan fingerprint density at radius 3 is 0.707 bits per heavy atom. The van der Waals surface area contributed by atoms with E-state index in [-0.39, 0.29) is 37.0 Å². The second-order valence-electron chi connectivity index (χ2n) is 29.1. The van der Waals surface area contributed by atoms with Crippen molar-refractivity contribution in [2.75, 3.05) is 13.2 Å². The first-order valence-electron chi connectivity index (χ1n) is 42.1.